The molecule has 1 unspecified atom stereocenters. The second-order valence-electron chi connectivity index (χ2n) is 5.80. The molecule has 0 saturated heterocycles. The van der Waals surface area contributed by atoms with Gasteiger partial charge in [0, 0.05) is 19.4 Å². The van der Waals surface area contributed by atoms with Crippen LogP contribution >= 0.6 is 0 Å². The molecule has 1 heterocycles. The third-order valence-electron chi connectivity index (χ3n) is 3.94. The number of benzene rings is 1. The smallest absolute Gasteiger partial charge is 0.326 e. The Morgan fingerprint density at radius 1 is 1.00 bits per heavy atom. The van der Waals surface area contributed by atoms with Crippen LogP contribution in [0.25, 0.3) is 0 Å². The fourth-order valence-electron chi connectivity index (χ4n) is 2.63. The van der Waals surface area contributed by atoms with E-state index >= 15 is 0 Å². The molecular weight excluding hydrogens is 344 g/mol. The number of amides is 3. The van der Waals surface area contributed by atoms with Crippen molar-refractivity contribution < 1.29 is 34.2 Å². The highest BCUT2D eigenvalue weighted by atomic mass is 16.4. The van der Waals surface area contributed by atoms with Crippen LogP contribution in [-0.4, -0.2) is 57.4 Å². The standard InChI is InChI=1S/C17H18N2O7/c20-13(18-12(17(25)26)7-8-14(21)22)6-3-9-19-15(23)10-4-1-2-5-11(10)16(19)24/h1-2,4-5,12H,3,6-9H2,(H,18,20)(H,21,22)(H,25,26). The molecule has 26 heavy (non-hydrogen) atoms. The van der Waals surface area contributed by atoms with E-state index < -0.39 is 35.7 Å². The molecule has 0 aromatic heterocycles. The minimum Gasteiger partial charge on any atom is -0.481 e. The van der Waals surface area contributed by atoms with Crippen molar-refractivity contribution in [2.75, 3.05) is 6.54 Å². The van der Waals surface area contributed by atoms with Crippen molar-refractivity contribution in [3.05, 3.63) is 35.4 Å². The topological polar surface area (TPSA) is 141 Å². The van der Waals surface area contributed by atoms with E-state index in [1.54, 1.807) is 24.3 Å². The molecule has 9 nitrogen and oxygen atoms in total. The molecule has 0 radical (unpaired) electrons. The molecule has 0 bridgehead atoms. The van der Waals surface area contributed by atoms with E-state index in [0.29, 0.717) is 11.1 Å². The molecule has 3 amide bonds. The summed E-state index contributed by atoms with van der Waals surface area (Å²) in [7, 11) is 0. The number of hydrogen-bond donors (Lipinski definition) is 3. The number of aliphatic carboxylic acids is 2. The number of carboxylic acid groups (broad SMARTS) is 2. The van der Waals surface area contributed by atoms with Crippen LogP contribution in [-0.2, 0) is 14.4 Å². The molecule has 0 fully saturated rings. The lowest BCUT2D eigenvalue weighted by molar-refractivity contribution is -0.143. The van der Waals surface area contributed by atoms with Crippen molar-refractivity contribution in [3.8, 4) is 0 Å². The van der Waals surface area contributed by atoms with Crippen LogP contribution in [0.3, 0.4) is 0 Å². The molecule has 1 atom stereocenters. The Labute approximate surface area is 148 Å². The highest BCUT2D eigenvalue weighted by Crippen LogP contribution is 2.22. The van der Waals surface area contributed by atoms with Gasteiger partial charge < -0.3 is 15.5 Å². The van der Waals surface area contributed by atoms with Gasteiger partial charge in [0.1, 0.15) is 6.04 Å². The van der Waals surface area contributed by atoms with Crippen LogP contribution < -0.4 is 5.32 Å². The van der Waals surface area contributed by atoms with Crippen molar-refractivity contribution in [2.45, 2.75) is 31.7 Å². The van der Waals surface area contributed by atoms with E-state index in [1.807, 2.05) is 0 Å². The second kappa shape index (κ2) is 8.24. The summed E-state index contributed by atoms with van der Waals surface area (Å²) in [6, 6.07) is 5.14. The Kier molecular flexibility index (Phi) is 6.05. The number of nitrogens with zero attached hydrogens (tertiary/aromatic N) is 1. The molecular formula is C17H18N2O7. The van der Waals surface area contributed by atoms with Crippen molar-refractivity contribution in [1.29, 1.82) is 0 Å². The summed E-state index contributed by atoms with van der Waals surface area (Å²) in [6.45, 7) is 0.0344. The maximum Gasteiger partial charge on any atom is 0.326 e. The first-order valence-corrected chi connectivity index (χ1v) is 8.00. The lowest BCUT2D eigenvalue weighted by Crippen LogP contribution is -2.41. The fourth-order valence-corrected chi connectivity index (χ4v) is 2.63. The van der Waals surface area contributed by atoms with Crippen LogP contribution in [0, 0.1) is 0 Å². The van der Waals surface area contributed by atoms with Gasteiger partial charge in [-0.3, -0.25) is 24.1 Å². The quantitative estimate of drug-likeness (QED) is 0.543. The lowest BCUT2D eigenvalue weighted by atomic mass is 10.1. The van der Waals surface area contributed by atoms with Crippen LogP contribution in [0.5, 0.6) is 0 Å². The van der Waals surface area contributed by atoms with Crippen LogP contribution in [0.2, 0.25) is 0 Å². The summed E-state index contributed by atoms with van der Waals surface area (Å²) in [5.41, 5.74) is 0.642. The van der Waals surface area contributed by atoms with Gasteiger partial charge >= 0.3 is 11.9 Å². The number of carbonyl (C=O) groups excluding carboxylic acids is 3. The van der Waals surface area contributed by atoms with E-state index in [0.717, 1.165) is 4.90 Å². The highest BCUT2D eigenvalue weighted by Gasteiger charge is 2.34. The number of carbonyl (C=O) groups is 5. The number of fused-ring (bicyclic) bond motifs is 1. The molecule has 0 spiro atoms. The Balaban J connectivity index is 1.83. The third-order valence-corrected chi connectivity index (χ3v) is 3.94. The van der Waals surface area contributed by atoms with Gasteiger partial charge in [-0.2, -0.15) is 0 Å². The number of rotatable bonds is 9. The zero-order valence-corrected chi connectivity index (χ0v) is 13.8. The molecule has 2 rings (SSSR count). The second-order valence-corrected chi connectivity index (χ2v) is 5.80. The molecule has 9 heteroatoms. The Morgan fingerprint density at radius 2 is 1.58 bits per heavy atom. The van der Waals surface area contributed by atoms with E-state index in [4.69, 9.17) is 10.2 Å². The van der Waals surface area contributed by atoms with Crippen LogP contribution in [0.15, 0.2) is 24.3 Å². The minimum absolute atomic E-state index is 0.0344. The lowest BCUT2D eigenvalue weighted by Gasteiger charge is -2.15. The summed E-state index contributed by atoms with van der Waals surface area (Å²) >= 11 is 0. The zero-order valence-electron chi connectivity index (χ0n) is 13.8. The molecule has 0 saturated carbocycles. The molecule has 3 N–H and O–H groups in total. The van der Waals surface area contributed by atoms with Gasteiger partial charge in [0.15, 0.2) is 0 Å². The Hall–Kier alpha value is -3.23. The summed E-state index contributed by atoms with van der Waals surface area (Å²) in [6.07, 6.45) is -0.534. The predicted octanol–water partition coefficient (Wildman–Crippen LogP) is 0.497. The van der Waals surface area contributed by atoms with Gasteiger partial charge in [-0.15, -0.1) is 0 Å². The minimum atomic E-state index is -1.32. The zero-order chi connectivity index (χ0) is 19.3. The predicted molar refractivity (Wildman–Crippen MR) is 87.5 cm³/mol. The first-order valence-electron chi connectivity index (χ1n) is 8.00. The van der Waals surface area contributed by atoms with Crippen LogP contribution in [0.1, 0.15) is 46.4 Å². The van der Waals surface area contributed by atoms with E-state index in [2.05, 4.69) is 5.32 Å². The van der Waals surface area contributed by atoms with Crippen molar-refractivity contribution in [1.82, 2.24) is 10.2 Å². The third kappa shape index (κ3) is 4.44. The monoisotopic (exact) mass is 362 g/mol. The number of hydrogen-bond acceptors (Lipinski definition) is 5. The van der Waals surface area contributed by atoms with E-state index in [1.165, 1.54) is 0 Å². The van der Waals surface area contributed by atoms with Crippen molar-refractivity contribution >= 4 is 29.7 Å². The fraction of sp³-hybridized carbons (Fsp3) is 0.353. The first-order chi connectivity index (χ1) is 12.3. The maximum absolute atomic E-state index is 12.2. The normalized spacial score (nSPS) is 14.1. The SMILES string of the molecule is O=C(O)CCC(NC(=O)CCCN1C(=O)c2ccccc2C1=O)C(=O)O. The molecule has 1 aromatic carbocycles. The van der Waals surface area contributed by atoms with Gasteiger partial charge in [-0.25, -0.2) is 4.79 Å². The summed E-state index contributed by atoms with van der Waals surface area (Å²) in [5.74, 6) is -3.90. The molecule has 138 valence electrons. The summed E-state index contributed by atoms with van der Waals surface area (Å²) < 4.78 is 0. The van der Waals surface area contributed by atoms with Crippen molar-refractivity contribution in [2.24, 2.45) is 0 Å². The number of nitrogens with one attached hydrogen (secondary N) is 1. The van der Waals surface area contributed by atoms with Gasteiger partial charge in [0.2, 0.25) is 5.91 Å². The van der Waals surface area contributed by atoms with Gasteiger partial charge in [0.25, 0.3) is 11.8 Å². The first kappa shape index (κ1) is 19.1. The average Bonchev–Trinajstić information content (AvgIpc) is 2.83. The van der Waals surface area contributed by atoms with Gasteiger partial charge in [0.05, 0.1) is 11.1 Å². The summed E-state index contributed by atoms with van der Waals surface area (Å²) in [5, 5.41) is 19.8. The van der Waals surface area contributed by atoms with E-state index in [-0.39, 0.29) is 32.2 Å². The van der Waals surface area contributed by atoms with Crippen molar-refractivity contribution in [3.63, 3.8) is 0 Å². The molecule has 1 aromatic rings. The number of imide groups is 1. The van der Waals surface area contributed by atoms with Gasteiger partial charge in [-0.1, -0.05) is 12.1 Å². The Bertz CT molecular complexity index is 724. The van der Waals surface area contributed by atoms with Crippen LogP contribution in [0.4, 0.5) is 0 Å². The summed E-state index contributed by atoms with van der Waals surface area (Å²) in [4.78, 5) is 58.8. The number of carboxylic acids is 2. The molecule has 0 aliphatic carbocycles. The van der Waals surface area contributed by atoms with Gasteiger partial charge in [-0.05, 0) is 25.0 Å². The maximum atomic E-state index is 12.2. The highest BCUT2D eigenvalue weighted by molar-refractivity contribution is 6.21. The molecule has 1 aliphatic heterocycles. The molecule has 1 aliphatic rings. The van der Waals surface area contributed by atoms with E-state index in [9.17, 15) is 24.0 Å². The Morgan fingerprint density at radius 3 is 2.08 bits per heavy atom. The largest absolute Gasteiger partial charge is 0.481 e. The average molecular weight is 362 g/mol.